The molecule has 0 aliphatic heterocycles. The first kappa shape index (κ1) is 21.0. The summed E-state index contributed by atoms with van der Waals surface area (Å²) in [5, 5.41) is 3.43. The van der Waals surface area contributed by atoms with Crippen molar-refractivity contribution in [3.05, 3.63) is 48.2 Å². The SMILES string of the molecule is CCN(CC)CCNCc1ccc(-c2ccccc2)o1.[Cl-].[Cl-]. The van der Waals surface area contributed by atoms with Gasteiger partial charge in [-0.1, -0.05) is 44.2 Å². The summed E-state index contributed by atoms with van der Waals surface area (Å²) in [5.41, 5.74) is 1.13. The summed E-state index contributed by atoms with van der Waals surface area (Å²) in [5.74, 6) is 1.93. The second kappa shape index (κ2) is 11.6. The summed E-state index contributed by atoms with van der Waals surface area (Å²) in [6, 6.07) is 14.3. The molecule has 0 amide bonds. The number of hydrogen-bond donors (Lipinski definition) is 1. The molecule has 0 fully saturated rings. The molecule has 3 nitrogen and oxygen atoms in total. The minimum atomic E-state index is 0. The average Bonchev–Trinajstić information content (AvgIpc) is 2.97. The number of halogens is 2. The third kappa shape index (κ3) is 6.41. The van der Waals surface area contributed by atoms with E-state index in [0.717, 1.165) is 49.8 Å². The molecule has 22 heavy (non-hydrogen) atoms. The summed E-state index contributed by atoms with van der Waals surface area (Å²) >= 11 is 0. The Morgan fingerprint density at radius 3 is 2.27 bits per heavy atom. The Bertz CT molecular complexity index is 498. The molecule has 1 aromatic heterocycles. The van der Waals surface area contributed by atoms with Gasteiger partial charge in [-0.15, -0.1) is 0 Å². The predicted octanol–water partition coefficient (Wildman–Crippen LogP) is -2.61. The fraction of sp³-hybridized carbons (Fsp3) is 0.412. The van der Waals surface area contributed by atoms with Crippen LogP contribution in [0, 0.1) is 0 Å². The van der Waals surface area contributed by atoms with Crippen molar-refractivity contribution in [2.45, 2.75) is 20.4 Å². The van der Waals surface area contributed by atoms with Crippen LogP contribution in [0.5, 0.6) is 0 Å². The van der Waals surface area contributed by atoms with Crippen LogP contribution in [0.1, 0.15) is 19.6 Å². The summed E-state index contributed by atoms with van der Waals surface area (Å²) in [6.45, 7) is 9.47. The van der Waals surface area contributed by atoms with E-state index in [1.807, 2.05) is 30.3 Å². The molecule has 124 valence electrons. The van der Waals surface area contributed by atoms with Gasteiger partial charge in [-0.2, -0.15) is 0 Å². The second-order valence-corrected chi connectivity index (χ2v) is 4.84. The number of nitrogens with one attached hydrogen (secondary N) is 1. The van der Waals surface area contributed by atoms with Crippen LogP contribution in [0.15, 0.2) is 46.9 Å². The van der Waals surface area contributed by atoms with Gasteiger partial charge in [-0.3, -0.25) is 0 Å². The van der Waals surface area contributed by atoms with Crippen molar-refractivity contribution in [3.8, 4) is 11.3 Å². The van der Waals surface area contributed by atoms with E-state index >= 15 is 0 Å². The fourth-order valence-electron chi connectivity index (χ4n) is 2.22. The van der Waals surface area contributed by atoms with Crippen LogP contribution >= 0.6 is 0 Å². The number of likely N-dealkylation sites (N-methyl/N-ethyl adjacent to an activating group) is 1. The van der Waals surface area contributed by atoms with Crippen LogP contribution in [0.2, 0.25) is 0 Å². The molecular formula is C17H24Cl2N2O-2. The van der Waals surface area contributed by atoms with Crippen molar-refractivity contribution in [2.75, 3.05) is 26.2 Å². The van der Waals surface area contributed by atoms with Crippen molar-refractivity contribution in [1.82, 2.24) is 10.2 Å². The van der Waals surface area contributed by atoms with Gasteiger partial charge < -0.3 is 39.4 Å². The largest absolute Gasteiger partial charge is 1.00 e. The van der Waals surface area contributed by atoms with Gasteiger partial charge in [0.2, 0.25) is 0 Å². The van der Waals surface area contributed by atoms with Crippen molar-refractivity contribution >= 4 is 0 Å². The number of hydrogen-bond acceptors (Lipinski definition) is 3. The number of nitrogens with zero attached hydrogens (tertiary/aromatic N) is 1. The normalized spacial score (nSPS) is 10.1. The Hall–Kier alpha value is -1.000. The van der Waals surface area contributed by atoms with E-state index in [9.17, 15) is 0 Å². The van der Waals surface area contributed by atoms with Gasteiger partial charge in [-0.25, -0.2) is 0 Å². The molecular weight excluding hydrogens is 319 g/mol. The average molecular weight is 343 g/mol. The van der Waals surface area contributed by atoms with Crippen molar-refractivity contribution in [2.24, 2.45) is 0 Å². The number of rotatable bonds is 8. The molecule has 0 spiro atoms. The molecule has 0 atom stereocenters. The van der Waals surface area contributed by atoms with Crippen LogP contribution in [-0.2, 0) is 6.54 Å². The molecule has 1 aromatic carbocycles. The Morgan fingerprint density at radius 2 is 1.64 bits per heavy atom. The molecule has 0 aliphatic rings. The zero-order valence-electron chi connectivity index (χ0n) is 13.2. The zero-order valence-corrected chi connectivity index (χ0v) is 14.7. The van der Waals surface area contributed by atoms with Gasteiger partial charge in [0.1, 0.15) is 11.5 Å². The number of furan rings is 1. The van der Waals surface area contributed by atoms with Crippen LogP contribution in [0.3, 0.4) is 0 Å². The molecule has 0 unspecified atom stereocenters. The van der Waals surface area contributed by atoms with Crippen molar-refractivity contribution in [3.63, 3.8) is 0 Å². The highest BCUT2D eigenvalue weighted by molar-refractivity contribution is 5.57. The quantitative estimate of drug-likeness (QED) is 0.533. The van der Waals surface area contributed by atoms with E-state index < -0.39 is 0 Å². The molecule has 0 aliphatic carbocycles. The Morgan fingerprint density at radius 1 is 0.955 bits per heavy atom. The monoisotopic (exact) mass is 342 g/mol. The topological polar surface area (TPSA) is 28.4 Å². The highest BCUT2D eigenvalue weighted by atomic mass is 35.5. The fourth-order valence-corrected chi connectivity index (χ4v) is 2.22. The van der Waals surface area contributed by atoms with Gasteiger partial charge in [0, 0.05) is 18.7 Å². The van der Waals surface area contributed by atoms with Crippen molar-refractivity contribution in [1.29, 1.82) is 0 Å². The smallest absolute Gasteiger partial charge is 0.134 e. The van der Waals surface area contributed by atoms with E-state index in [1.54, 1.807) is 0 Å². The standard InChI is InChI=1S/C17H24N2O.2ClH/c1-3-19(4-2)13-12-18-14-16-10-11-17(20-16)15-8-6-5-7-9-15;;/h5-11,18H,3-4,12-14H2,1-2H3;2*1H/p-2. The maximum Gasteiger partial charge on any atom is 0.134 e. The Kier molecular flexibility index (Phi) is 11.0. The first-order valence-electron chi connectivity index (χ1n) is 7.40. The Balaban J connectivity index is 0.00000220. The summed E-state index contributed by atoms with van der Waals surface area (Å²) in [7, 11) is 0. The zero-order chi connectivity index (χ0) is 14.2. The molecule has 0 saturated heterocycles. The first-order valence-corrected chi connectivity index (χ1v) is 7.40. The minimum absolute atomic E-state index is 0. The van der Waals surface area contributed by atoms with Crippen LogP contribution < -0.4 is 30.1 Å². The third-order valence-corrected chi connectivity index (χ3v) is 3.52. The highest BCUT2D eigenvalue weighted by Gasteiger charge is 2.04. The molecule has 0 bridgehead atoms. The third-order valence-electron chi connectivity index (χ3n) is 3.52. The summed E-state index contributed by atoms with van der Waals surface area (Å²) in [6.07, 6.45) is 0. The van der Waals surface area contributed by atoms with Crippen LogP contribution in [0.4, 0.5) is 0 Å². The van der Waals surface area contributed by atoms with E-state index in [0.29, 0.717) is 0 Å². The lowest BCUT2D eigenvalue weighted by molar-refractivity contribution is -0.001000. The summed E-state index contributed by atoms with van der Waals surface area (Å²) in [4.78, 5) is 2.41. The first-order chi connectivity index (χ1) is 9.83. The van der Waals surface area contributed by atoms with Gasteiger partial charge in [0.05, 0.1) is 6.54 Å². The lowest BCUT2D eigenvalue weighted by Crippen LogP contribution is -3.00. The van der Waals surface area contributed by atoms with Crippen LogP contribution in [0.25, 0.3) is 11.3 Å². The minimum Gasteiger partial charge on any atom is -1.00 e. The van der Waals surface area contributed by atoms with E-state index in [2.05, 4.69) is 36.2 Å². The van der Waals surface area contributed by atoms with Gasteiger partial charge >= 0.3 is 0 Å². The van der Waals surface area contributed by atoms with Gasteiger partial charge in [0.25, 0.3) is 0 Å². The van der Waals surface area contributed by atoms with E-state index in [-0.39, 0.29) is 24.8 Å². The molecule has 1 N–H and O–H groups in total. The second-order valence-electron chi connectivity index (χ2n) is 4.84. The van der Waals surface area contributed by atoms with E-state index in [1.165, 1.54) is 0 Å². The molecule has 2 aromatic rings. The van der Waals surface area contributed by atoms with Crippen LogP contribution in [-0.4, -0.2) is 31.1 Å². The van der Waals surface area contributed by atoms with Gasteiger partial charge in [-0.05, 0) is 25.2 Å². The molecule has 0 saturated carbocycles. The van der Waals surface area contributed by atoms with Crippen molar-refractivity contribution < 1.29 is 29.2 Å². The number of benzene rings is 1. The molecule has 5 heteroatoms. The molecule has 2 rings (SSSR count). The molecule has 0 radical (unpaired) electrons. The lowest BCUT2D eigenvalue weighted by atomic mass is 10.2. The van der Waals surface area contributed by atoms with E-state index in [4.69, 9.17) is 4.42 Å². The van der Waals surface area contributed by atoms with Gasteiger partial charge in [0.15, 0.2) is 0 Å². The lowest BCUT2D eigenvalue weighted by Gasteiger charge is -2.17. The Labute approximate surface area is 145 Å². The molecule has 1 heterocycles. The summed E-state index contributed by atoms with van der Waals surface area (Å²) < 4.78 is 5.85. The maximum absolute atomic E-state index is 5.85. The predicted molar refractivity (Wildman–Crippen MR) is 83.6 cm³/mol. The highest BCUT2D eigenvalue weighted by Crippen LogP contribution is 2.21. The maximum atomic E-state index is 5.85.